The summed E-state index contributed by atoms with van der Waals surface area (Å²) in [5.74, 6) is 0.734. The Balaban J connectivity index is 2.55. The zero-order valence-corrected chi connectivity index (χ0v) is 9.42. The number of nitrogens with two attached hydrogens (primary N) is 1. The van der Waals surface area contributed by atoms with E-state index in [1.165, 1.54) is 4.90 Å². The van der Waals surface area contributed by atoms with E-state index in [-0.39, 0.29) is 12.1 Å². The van der Waals surface area contributed by atoms with Crippen molar-refractivity contribution >= 4 is 11.8 Å². The molecule has 0 aliphatic heterocycles. The fourth-order valence-corrected chi connectivity index (χ4v) is 1.85. The first-order chi connectivity index (χ1) is 6.59. The van der Waals surface area contributed by atoms with Crippen molar-refractivity contribution in [3.05, 3.63) is 29.8 Å². The van der Waals surface area contributed by atoms with E-state index < -0.39 is 0 Å². The molecule has 1 rings (SSSR count). The first kappa shape index (κ1) is 11.6. The van der Waals surface area contributed by atoms with Gasteiger partial charge in [-0.2, -0.15) is 0 Å². The molecule has 0 bridgehead atoms. The summed E-state index contributed by atoms with van der Waals surface area (Å²) in [6.07, 6.45) is -0.256. The lowest BCUT2D eigenvalue weighted by Crippen LogP contribution is -2.04. The molecular formula is C11H17NOS. The predicted octanol–water partition coefficient (Wildman–Crippen LogP) is 2.18. The van der Waals surface area contributed by atoms with Crippen molar-refractivity contribution in [2.75, 3.05) is 5.75 Å². The highest BCUT2D eigenvalue weighted by Crippen LogP contribution is 2.20. The largest absolute Gasteiger partial charge is 0.393 e. The lowest BCUT2D eigenvalue weighted by atomic mass is 10.1. The molecule has 0 fully saturated rings. The average molecular weight is 211 g/mol. The van der Waals surface area contributed by atoms with Crippen LogP contribution in [-0.2, 0) is 0 Å². The molecule has 1 aromatic rings. The van der Waals surface area contributed by atoms with Crippen LogP contribution in [0.4, 0.5) is 0 Å². The van der Waals surface area contributed by atoms with Gasteiger partial charge in [0.2, 0.25) is 0 Å². The Bertz CT molecular complexity index is 269. The third-order valence-electron chi connectivity index (χ3n) is 1.90. The van der Waals surface area contributed by atoms with Crippen LogP contribution in [0.5, 0.6) is 0 Å². The molecule has 0 heterocycles. The molecule has 2 nitrogen and oxygen atoms in total. The molecule has 2 atom stereocenters. The van der Waals surface area contributed by atoms with Gasteiger partial charge < -0.3 is 10.8 Å². The molecule has 0 saturated heterocycles. The fourth-order valence-electron chi connectivity index (χ4n) is 1.08. The summed E-state index contributed by atoms with van der Waals surface area (Å²) in [6, 6.07) is 8.26. The van der Waals surface area contributed by atoms with Crippen LogP contribution < -0.4 is 5.73 Å². The van der Waals surface area contributed by atoms with Crippen molar-refractivity contribution in [2.45, 2.75) is 30.9 Å². The first-order valence-electron chi connectivity index (χ1n) is 4.76. The van der Waals surface area contributed by atoms with Crippen molar-refractivity contribution in [1.29, 1.82) is 0 Å². The molecule has 1 aromatic carbocycles. The molecule has 0 aliphatic rings. The predicted molar refractivity (Wildman–Crippen MR) is 61.4 cm³/mol. The molecule has 0 spiro atoms. The number of hydrogen-bond donors (Lipinski definition) is 2. The number of thioether (sulfide) groups is 1. The number of aliphatic hydroxyl groups excluding tert-OH is 1. The van der Waals surface area contributed by atoms with Crippen LogP contribution in [0.2, 0.25) is 0 Å². The molecule has 3 heteroatoms. The minimum atomic E-state index is -0.256. The highest BCUT2D eigenvalue weighted by Gasteiger charge is 2.01. The average Bonchev–Trinajstić information content (AvgIpc) is 2.15. The van der Waals surface area contributed by atoms with Gasteiger partial charge in [0.05, 0.1) is 6.10 Å². The van der Waals surface area contributed by atoms with Crippen LogP contribution in [0.25, 0.3) is 0 Å². The highest BCUT2D eigenvalue weighted by atomic mass is 32.2. The van der Waals surface area contributed by atoms with Gasteiger partial charge in [-0.05, 0) is 31.5 Å². The van der Waals surface area contributed by atoms with Crippen LogP contribution in [0.1, 0.15) is 25.5 Å². The zero-order valence-electron chi connectivity index (χ0n) is 8.60. The fraction of sp³-hybridized carbons (Fsp3) is 0.455. The minimum absolute atomic E-state index is 0.0887. The number of benzene rings is 1. The summed E-state index contributed by atoms with van der Waals surface area (Å²) in [6.45, 7) is 3.77. The second-order valence-corrected chi connectivity index (χ2v) is 4.61. The molecule has 2 unspecified atom stereocenters. The third-order valence-corrected chi connectivity index (χ3v) is 3.15. The van der Waals surface area contributed by atoms with E-state index >= 15 is 0 Å². The van der Waals surface area contributed by atoms with Gasteiger partial charge in [0, 0.05) is 16.7 Å². The van der Waals surface area contributed by atoms with E-state index in [0.29, 0.717) is 0 Å². The Morgan fingerprint density at radius 2 is 1.86 bits per heavy atom. The smallest absolute Gasteiger partial charge is 0.0606 e. The summed E-state index contributed by atoms with van der Waals surface area (Å²) < 4.78 is 0. The summed E-state index contributed by atoms with van der Waals surface area (Å²) >= 11 is 1.66. The Morgan fingerprint density at radius 3 is 2.29 bits per heavy atom. The van der Waals surface area contributed by atoms with Gasteiger partial charge in [-0.1, -0.05) is 12.1 Å². The maximum Gasteiger partial charge on any atom is 0.0606 e. The highest BCUT2D eigenvalue weighted by molar-refractivity contribution is 7.99. The van der Waals surface area contributed by atoms with Crippen molar-refractivity contribution in [1.82, 2.24) is 0 Å². The maximum atomic E-state index is 9.12. The van der Waals surface area contributed by atoms with E-state index in [1.807, 2.05) is 31.2 Å². The van der Waals surface area contributed by atoms with Gasteiger partial charge in [-0.25, -0.2) is 0 Å². The summed E-state index contributed by atoms with van der Waals surface area (Å²) in [5.41, 5.74) is 6.88. The van der Waals surface area contributed by atoms with Crippen LogP contribution >= 0.6 is 11.8 Å². The Hall–Kier alpha value is -0.510. The number of hydrogen-bond acceptors (Lipinski definition) is 3. The second kappa shape index (κ2) is 5.39. The van der Waals surface area contributed by atoms with Crippen molar-refractivity contribution in [3.63, 3.8) is 0 Å². The van der Waals surface area contributed by atoms with E-state index in [0.717, 1.165) is 11.3 Å². The van der Waals surface area contributed by atoms with Gasteiger partial charge in [-0.3, -0.25) is 0 Å². The topological polar surface area (TPSA) is 46.2 Å². The molecule has 0 saturated carbocycles. The lowest BCUT2D eigenvalue weighted by molar-refractivity contribution is 0.220. The zero-order chi connectivity index (χ0) is 10.6. The van der Waals surface area contributed by atoms with Gasteiger partial charge in [-0.15, -0.1) is 11.8 Å². The quantitative estimate of drug-likeness (QED) is 0.750. The lowest BCUT2D eigenvalue weighted by Gasteiger charge is -2.07. The normalized spacial score (nSPS) is 15.1. The molecule has 0 aliphatic carbocycles. The monoisotopic (exact) mass is 211 g/mol. The molecule has 14 heavy (non-hydrogen) atoms. The van der Waals surface area contributed by atoms with Crippen LogP contribution in [0, 0.1) is 0 Å². The molecule has 0 amide bonds. The Kier molecular flexibility index (Phi) is 4.45. The van der Waals surface area contributed by atoms with Crippen LogP contribution in [0.3, 0.4) is 0 Å². The van der Waals surface area contributed by atoms with Gasteiger partial charge in [0.25, 0.3) is 0 Å². The van der Waals surface area contributed by atoms with Crippen LogP contribution in [0.15, 0.2) is 29.2 Å². The van der Waals surface area contributed by atoms with E-state index in [2.05, 4.69) is 0 Å². The van der Waals surface area contributed by atoms with E-state index in [1.54, 1.807) is 18.7 Å². The first-order valence-corrected chi connectivity index (χ1v) is 5.74. The number of aliphatic hydroxyl groups is 1. The molecular weight excluding hydrogens is 194 g/mol. The maximum absolute atomic E-state index is 9.12. The molecule has 0 radical (unpaired) electrons. The van der Waals surface area contributed by atoms with Crippen molar-refractivity contribution < 1.29 is 5.11 Å². The SMILES string of the molecule is CC(O)CSc1ccc(C(C)N)cc1. The Labute approximate surface area is 89.5 Å². The minimum Gasteiger partial charge on any atom is -0.393 e. The van der Waals surface area contributed by atoms with Gasteiger partial charge >= 0.3 is 0 Å². The van der Waals surface area contributed by atoms with Gasteiger partial charge in [0.15, 0.2) is 0 Å². The van der Waals surface area contributed by atoms with E-state index in [4.69, 9.17) is 10.8 Å². The Morgan fingerprint density at radius 1 is 1.29 bits per heavy atom. The molecule has 0 aromatic heterocycles. The summed E-state index contributed by atoms with van der Waals surface area (Å²) in [7, 11) is 0. The molecule has 78 valence electrons. The van der Waals surface area contributed by atoms with Crippen LogP contribution in [-0.4, -0.2) is 17.0 Å². The second-order valence-electron chi connectivity index (χ2n) is 3.52. The van der Waals surface area contributed by atoms with Crippen molar-refractivity contribution in [2.24, 2.45) is 5.73 Å². The van der Waals surface area contributed by atoms with E-state index in [9.17, 15) is 0 Å². The van der Waals surface area contributed by atoms with Gasteiger partial charge in [0.1, 0.15) is 0 Å². The standard InChI is InChI=1S/C11H17NOS/c1-8(13)7-14-11-5-3-10(4-6-11)9(2)12/h3-6,8-9,13H,7,12H2,1-2H3. The molecule has 3 N–H and O–H groups in total. The summed E-state index contributed by atoms with van der Waals surface area (Å²) in [5, 5.41) is 9.12. The third kappa shape index (κ3) is 3.70. The summed E-state index contributed by atoms with van der Waals surface area (Å²) in [4.78, 5) is 1.18. The van der Waals surface area contributed by atoms with Crippen molar-refractivity contribution in [3.8, 4) is 0 Å². The number of rotatable bonds is 4.